The van der Waals surface area contributed by atoms with Crippen molar-refractivity contribution in [1.82, 2.24) is 5.32 Å². The van der Waals surface area contributed by atoms with Gasteiger partial charge in [0.15, 0.2) is 0 Å². The molecule has 60 valence electrons. The van der Waals surface area contributed by atoms with Crippen LogP contribution in [0.4, 0.5) is 0 Å². The number of nitrogens with one attached hydrogen (secondary N) is 1. The van der Waals surface area contributed by atoms with E-state index in [0.717, 1.165) is 0 Å². The van der Waals surface area contributed by atoms with Crippen molar-refractivity contribution in [3.63, 3.8) is 0 Å². The average molecular weight is 155 g/mol. The van der Waals surface area contributed by atoms with Gasteiger partial charge in [-0.3, -0.25) is 9.79 Å². The van der Waals surface area contributed by atoms with Gasteiger partial charge in [0.25, 0.3) is 0 Å². The first-order valence-electron chi connectivity index (χ1n) is 3.10. The lowest BCUT2D eigenvalue weighted by Gasteiger charge is -2.24. The Balaban J connectivity index is 2.61. The summed E-state index contributed by atoms with van der Waals surface area (Å²) >= 11 is 0. The third kappa shape index (κ3) is 2.05. The van der Waals surface area contributed by atoms with E-state index < -0.39 is 11.6 Å². The first-order valence-corrected chi connectivity index (χ1v) is 3.10. The monoisotopic (exact) mass is 155 g/mol. The topological polar surface area (TPSA) is 87.7 Å². The Hall–Kier alpha value is -1.36. The van der Waals surface area contributed by atoms with Crippen LogP contribution in [-0.4, -0.2) is 23.0 Å². The summed E-state index contributed by atoms with van der Waals surface area (Å²) in [6, 6.07) is 0. The fourth-order valence-corrected chi connectivity index (χ4v) is 0.796. The summed E-state index contributed by atoms with van der Waals surface area (Å²) in [6.07, 6.45) is 4.22. The number of carboxylic acid groups (broad SMARTS) is 1. The first-order chi connectivity index (χ1) is 5.12. The van der Waals surface area contributed by atoms with Crippen molar-refractivity contribution in [3.05, 3.63) is 12.4 Å². The van der Waals surface area contributed by atoms with Gasteiger partial charge in [0.1, 0.15) is 5.66 Å². The summed E-state index contributed by atoms with van der Waals surface area (Å²) in [5, 5.41) is 11.1. The quantitative estimate of drug-likeness (QED) is 0.490. The van der Waals surface area contributed by atoms with Crippen LogP contribution in [0.15, 0.2) is 17.4 Å². The molecule has 0 radical (unpaired) electrons. The normalized spacial score (nSPS) is 28.1. The second-order valence-electron chi connectivity index (χ2n) is 2.35. The van der Waals surface area contributed by atoms with E-state index in [-0.39, 0.29) is 6.42 Å². The summed E-state index contributed by atoms with van der Waals surface area (Å²) < 4.78 is 0. The van der Waals surface area contributed by atoms with Crippen LogP contribution in [0.5, 0.6) is 0 Å². The molecule has 5 heteroatoms. The maximum absolute atomic E-state index is 10.3. The number of aliphatic imine (C=N–C) groups is 1. The Morgan fingerprint density at radius 2 is 2.55 bits per heavy atom. The van der Waals surface area contributed by atoms with E-state index in [4.69, 9.17) is 10.8 Å². The van der Waals surface area contributed by atoms with Crippen molar-refractivity contribution < 1.29 is 9.90 Å². The molecule has 0 aromatic heterocycles. The molecule has 0 bridgehead atoms. The van der Waals surface area contributed by atoms with Gasteiger partial charge in [-0.1, -0.05) is 0 Å². The molecule has 1 heterocycles. The highest BCUT2D eigenvalue weighted by atomic mass is 16.4. The summed E-state index contributed by atoms with van der Waals surface area (Å²) in [4.78, 5) is 14.0. The third-order valence-electron chi connectivity index (χ3n) is 1.26. The summed E-state index contributed by atoms with van der Waals surface area (Å²) in [6.45, 7) is 0. The summed E-state index contributed by atoms with van der Waals surface area (Å²) in [7, 11) is 0. The molecule has 0 aliphatic carbocycles. The van der Waals surface area contributed by atoms with Crippen LogP contribution in [0.2, 0.25) is 0 Å². The number of hydrogen-bond donors (Lipinski definition) is 3. The Kier molecular flexibility index (Phi) is 1.91. The molecule has 0 fully saturated rings. The second-order valence-corrected chi connectivity index (χ2v) is 2.35. The van der Waals surface area contributed by atoms with Crippen LogP contribution in [0.25, 0.3) is 0 Å². The number of hydrogen-bond acceptors (Lipinski definition) is 4. The molecule has 1 aliphatic heterocycles. The molecule has 0 saturated carbocycles. The van der Waals surface area contributed by atoms with Gasteiger partial charge in [-0.05, 0) is 0 Å². The smallest absolute Gasteiger partial charge is 0.307 e. The van der Waals surface area contributed by atoms with Gasteiger partial charge < -0.3 is 16.2 Å². The molecule has 1 unspecified atom stereocenters. The number of nitrogens with two attached hydrogens (primary N) is 1. The van der Waals surface area contributed by atoms with E-state index in [1.54, 1.807) is 0 Å². The Labute approximate surface area is 63.6 Å². The zero-order chi connectivity index (χ0) is 8.32. The molecule has 0 amide bonds. The molecule has 1 aliphatic rings. The molecular formula is C6H9N3O2. The van der Waals surface area contributed by atoms with Crippen molar-refractivity contribution >= 4 is 12.2 Å². The molecule has 0 aromatic carbocycles. The molecule has 5 nitrogen and oxygen atoms in total. The van der Waals surface area contributed by atoms with Crippen LogP contribution < -0.4 is 11.1 Å². The van der Waals surface area contributed by atoms with Crippen molar-refractivity contribution in [3.8, 4) is 0 Å². The predicted octanol–water partition coefficient (Wildman–Crippen LogP) is -0.739. The second kappa shape index (κ2) is 2.71. The number of carboxylic acids is 1. The molecule has 0 spiro atoms. The summed E-state index contributed by atoms with van der Waals surface area (Å²) in [5.74, 6) is -0.957. The lowest BCUT2D eigenvalue weighted by atomic mass is 10.1. The van der Waals surface area contributed by atoms with Crippen LogP contribution in [0.3, 0.4) is 0 Å². The van der Waals surface area contributed by atoms with Gasteiger partial charge in [-0.2, -0.15) is 0 Å². The van der Waals surface area contributed by atoms with E-state index in [1.165, 1.54) is 18.6 Å². The first kappa shape index (κ1) is 7.74. The van der Waals surface area contributed by atoms with E-state index in [2.05, 4.69) is 10.3 Å². The molecule has 4 N–H and O–H groups in total. The van der Waals surface area contributed by atoms with Crippen molar-refractivity contribution in [2.24, 2.45) is 10.7 Å². The van der Waals surface area contributed by atoms with Gasteiger partial charge in [0, 0.05) is 18.6 Å². The third-order valence-corrected chi connectivity index (χ3v) is 1.26. The minimum Gasteiger partial charge on any atom is -0.481 e. The highest BCUT2D eigenvalue weighted by Gasteiger charge is 2.25. The van der Waals surface area contributed by atoms with Crippen molar-refractivity contribution in [2.45, 2.75) is 12.1 Å². The van der Waals surface area contributed by atoms with Crippen LogP contribution in [0, 0.1) is 0 Å². The molecule has 1 rings (SSSR count). The molecular weight excluding hydrogens is 146 g/mol. The van der Waals surface area contributed by atoms with E-state index in [9.17, 15) is 4.79 Å². The predicted molar refractivity (Wildman–Crippen MR) is 39.9 cm³/mol. The van der Waals surface area contributed by atoms with Gasteiger partial charge in [-0.15, -0.1) is 0 Å². The standard InChI is InChI=1S/C6H9N3O2/c7-6(3-5(10)11)4-8-1-2-9-6/h1-2,4,9H,3,7H2,(H,10,11). The Bertz CT molecular complexity index is 224. The molecule has 1 atom stereocenters. The largest absolute Gasteiger partial charge is 0.481 e. The van der Waals surface area contributed by atoms with Gasteiger partial charge in [0.05, 0.1) is 6.42 Å². The molecule has 11 heavy (non-hydrogen) atoms. The van der Waals surface area contributed by atoms with Gasteiger partial charge in [0.2, 0.25) is 0 Å². The fourth-order valence-electron chi connectivity index (χ4n) is 0.796. The van der Waals surface area contributed by atoms with Crippen molar-refractivity contribution in [2.75, 3.05) is 0 Å². The Morgan fingerprint density at radius 1 is 1.82 bits per heavy atom. The van der Waals surface area contributed by atoms with Gasteiger partial charge in [-0.25, -0.2) is 0 Å². The zero-order valence-electron chi connectivity index (χ0n) is 5.82. The lowest BCUT2D eigenvalue weighted by molar-refractivity contribution is -0.137. The molecule has 0 saturated heterocycles. The maximum atomic E-state index is 10.3. The zero-order valence-corrected chi connectivity index (χ0v) is 5.82. The van der Waals surface area contributed by atoms with Crippen molar-refractivity contribution in [1.29, 1.82) is 0 Å². The minimum atomic E-state index is -1.03. The fraction of sp³-hybridized carbons (Fsp3) is 0.333. The molecule has 0 aromatic rings. The average Bonchev–Trinajstić information content (AvgIpc) is 1.85. The summed E-state index contributed by atoms with van der Waals surface area (Å²) in [5.41, 5.74) is 4.54. The van der Waals surface area contributed by atoms with Gasteiger partial charge >= 0.3 is 5.97 Å². The number of rotatable bonds is 2. The lowest BCUT2D eigenvalue weighted by Crippen LogP contribution is -2.55. The minimum absolute atomic E-state index is 0.180. The highest BCUT2D eigenvalue weighted by molar-refractivity contribution is 5.80. The van der Waals surface area contributed by atoms with E-state index in [0.29, 0.717) is 0 Å². The SMILES string of the molecule is NC1(CC(=O)O)C=NC=CN1. The maximum Gasteiger partial charge on any atom is 0.307 e. The number of aliphatic carboxylic acids is 1. The van der Waals surface area contributed by atoms with E-state index in [1.807, 2.05) is 0 Å². The van der Waals surface area contributed by atoms with Crippen LogP contribution >= 0.6 is 0 Å². The highest BCUT2D eigenvalue weighted by Crippen LogP contribution is 2.02. The van der Waals surface area contributed by atoms with Crippen LogP contribution in [-0.2, 0) is 4.79 Å². The Morgan fingerprint density at radius 3 is 3.00 bits per heavy atom. The van der Waals surface area contributed by atoms with E-state index >= 15 is 0 Å². The number of nitrogens with zero attached hydrogens (tertiary/aromatic N) is 1. The number of carbonyl (C=O) groups is 1. The van der Waals surface area contributed by atoms with Crippen LogP contribution in [0.1, 0.15) is 6.42 Å².